The van der Waals surface area contributed by atoms with Gasteiger partial charge in [-0.05, 0) is 55.9 Å². The van der Waals surface area contributed by atoms with E-state index >= 15 is 0 Å². The van der Waals surface area contributed by atoms with Crippen LogP contribution in [0, 0.1) is 6.92 Å². The maximum absolute atomic E-state index is 12.4. The molecule has 5 nitrogen and oxygen atoms in total. The van der Waals surface area contributed by atoms with E-state index in [0.29, 0.717) is 21.3 Å². The molecule has 1 amide bonds. The lowest BCUT2D eigenvalue weighted by molar-refractivity contribution is 0.0605. The Hall–Kier alpha value is -2.21. The number of benzene rings is 1. The second-order valence-electron chi connectivity index (χ2n) is 5.57. The highest BCUT2D eigenvalue weighted by Crippen LogP contribution is 2.25. The molecule has 1 N–H and O–H groups in total. The Kier molecular flexibility index (Phi) is 4.43. The summed E-state index contributed by atoms with van der Waals surface area (Å²) < 4.78 is 4.70. The summed E-state index contributed by atoms with van der Waals surface area (Å²) in [4.78, 5) is 28.6. The maximum atomic E-state index is 12.4. The minimum absolute atomic E-state index is 0.205. The Morgan fingerprint density at radius 2 is 1.96 bits per heavy atom. The summed E-state index contributed by atoms with van der Waals surface area (Å²) in [6, 6.07) is 5.85. The van der Waals surface area contributed by atoms with Gasteiger partial charge in [-0.1, -0.05) is 17.4 Å². The molecule has 23 heavy (non-hydrogen) atoms. The zero-order valence-electron chi connectivity index (χ0n) is 13.1. The minimum Gasteiger partial charge on any atom is -0.465 e. The van der Waals surface area contributed by atoms with E-state index in [1.807, 2.05) is 18.2 Å². The van der Waals surface area contributed by atoms with Crippen LogP contribution in [0.5, 0.6) is 0 Å². The number of methoxy groups -OCH3 is 1. The minimum atomic E-state index is -0.436. The summed E-state index contributed by atoms with van der Waals surface area (Å²) in [5, 5.41) is 3.17. The smallest absolute Gasteiger partial charge is 0.350 e. The number of anilines is 1. The first-order valence-corrected chi connectivity index (χ1v) is 8.39. The van der Waals surface area contributed by atoms with Gasteiger partial charge in [-0.3, -0.25) is 10.1 Å². The van der Waals surface area contributed by atoms with Crippen LogP contribution in [0.25, 0.3) is 0 Å². The zero-order valence-corrected chi connectivity index (χ0v) is 14.0. The predicted octanol–water partition coefficient (Wildman–Crippen LogP) is 3.37. The van der Waals surface area contributed by atoms with Crippen LogP contribution in [0.3, 0.4) is 0 Å². The lowest BCUT2D eigenvalue weighted by atomic mass is 9.90. The van der Waals surface area contributed by atoms with Crippen molar-refractivity contribution in [2.24, 2.45) is 0 Å². The lowest BCUT2D eigenvalue weighted by Crippen LogP contribution is -2.13. The second-order valence-corrected chi connectivity index (χ2v) is 6.57. The molecule has 0 fully saturated rings. The molecule has 2 aromatic rings. The highest BCUT2D eigenvalue weighted by atomic mass is 32.1. The second kappa shape index (κ2) is 6.50. The molecule has 1 aliphatic rings. The van der Waals surface area contributed by atoms with Crippen LogP contribution in [0.2, 0.25) is 0 Å². The van der Waals surface area contributed by atoms with Gasteiger partial charge in [-0.2, -0.15) is 0 Å². The molecule has 3 rings (SSSR count). The van der Waals surface area contributed by atoms with Gasteiger partial charge >= 0.3 is 5.97 Å². The molecule has 0 spiro atoms. The van der Waals surface area contributed by atoms with Gasteiger partial charge in [-0.25, -0.2) is 9.78 Å². The van der Waals surface area contributed by atoms with Gasteiger partial charge in [0.2, 0.25) is 0 Å². The average molecular weight is 330 g/mol. The van der Waals surface area contributed by atoms with Gasteiger partial charge in [0.25, 0.3) is 5.91 Å². The molecule has 0 atom stereocenters. The van der Waals surface area contributed by atoms with E-state index in [4.69, 9.17) is 4.74 Å². The number of esters is 1. The molecule has 1 aromatic carbocycles. The van der Waals surface area contributed by atoms with E-state index in [-0.39, 0.29) is 5.91 Å². The number of nitrogens with one attached hydrogen (secondary N) is 1. The van der Waals surface area contributed by atoms with Crippen LogP contribution >= 0.6 is 11.3 Å². The third-order valence-electron chi connectivity index (χ3n) is 4.00. The SMILES string of the molecule is COC(=O)c1sc(NC(=O)c2ccc3c(c2)CCCC3)nc1C. The van der Waals surface area contributed by atoms with Gasteiger partial charge in [0.1, 0.15) is 4.88 Å². The topological polar surface area (TPSA) is 68.3 Å². The number of hydrogen-bond donors (Lipinski definition) is 1. The highest BCUT2D eigenvalue weighted by Gasteiger charge is 2.18. The monoisotopic (exact) mass is 330 g/mol. The van der Waals surface area contributed by atoms with E-state index in [0.717, 1.165) is 24.2 Å². The van der Waals surface area contributed by atoms with E-state index in [9.17, 15) is 9.59 Å². The van der Waals surface area contributed by atoms with Gasteiger partial charge in [0, 0.05) is 5.56 Å². The summed E-state index contributed by atoms with van der Waals surface area (Å²) in [7, 11) is 1.33. The van der Waals surface area contributed by atoms with Gasteiger partial charge < -0.3 is 4.74 Å². The van der Waals surface area contributed by atoms with Crippen LogP contribution in [-0.2, 0) is 17.6 Å². The summed E-state index contributed by atoms with van der Waals surface area (Å²) >= 11 is 1.13. The molecule has 6 heteroatoms. The number of thiazole rings is 1. The Morgan fingerprint density at radius 1 is 1.22 bits per heavy atom. The number of carbonyl (C=O) groups excluding carboxylic acids is 2. The first-order chi connectivity index (χ1) is 11.1. The molecule has 1 heterocycles. The number of ether oxygens (including phenoxy) is 1. The van der Waals surface area contributed by atoms with Crippen molar-refractivity contribution >= 4 is 28.3 Å². The average Bonchev–Trinajstić information content (AvgIpc) is 2.94. The Bertz CT molecular complexity index is 767. The number of aromatic nitrogens is 1. The van der Waals surface area contributed by atoms with Crippen molar-refractivity contribution in [3.8, 4) is 0 Å². The largest absolute Gasteiger partial charge is 0.465 e. The first-order valence-electron chi connectivity index (χ1n) is 7.57. The van der Waals surface area contributed by atoms with Gasteiger partial charge in [0.15, 0.2) is 5.13 Å². The predicted molar refractivity (Wildman–Crippen MR) is 89.2 cm³/mol. The summed E-state index contributed by atoms with van der Waals surface area (Å²) in [5.74, 6) is -0.641. The first kappa shape index (κ1) is 15.7. The van der Waals surface area contributed by atoms with Crippen molar-refractivity contribution < 1.29 is 14.3 Å². The van der Waals surface area contributed by atoms with Crippen molar-refractivity contribution in [1.29, 1.82) is 0 Å². The molecular formula is C17H18N2O3S. The van der Waals surface area contributed by atoms with Crippen LogP contribution in [0.15, 0.2) is 18.2 Å². The van der Waals surface area contributed by atoms with E-state index in [1.54, 1.807) is 6.92 Å². The fourth-order valence-electron chi connectivity index (χ4n) is 2.78. The van der Waals surface area contributed by atoms with Crippen molar-refractivity contribution in [2.45, 2.75) is 32.6 Å². The third kappa shape index (κ3) is 3.27. The standard InChI is InChI=1S/C17H18N2O3S/c1-10-14(16(21)22-2)23-17(18-10)19-15(20)13-8-7-11-5-3-4-6-12(11)9-13/h7-9H,3-6H2,1-2H3,(H,18,19,20). The molecule has 1 aliphatic carbocycles. The number of fused-ring (bicyclic) bond motifs is 1. The molecule has 120 valence electrons. The summed E-state index contributed by atoms with van der Waals surface area (Å²) in [6.07, 6.45) is 4.50. The molecule has 0 bridgehead atoms. The molecular weight excluding hydrogens is 312 g/mol. The summed E-state index contributed by atoms with van der Waals surface area (Å²) in [6.45, 7) is 1.72. The Labute approximate surface area is 138 Å². The fourth-order valence-corrected chi connectivity index (χ4v) is 3.66. The van der Waals surface area contributed by atoms with Crippen molar-refractivity contribution in [2.75, 3.05) is 12.4 Å². The highest BCUT2D eigenvalue weighted by molar-refractivity contribution is 7.17. The Balaban J connectivity index is 1.78. The van der Waals surface area contributed by atoms with Crippen molar-refractivity contribution in [3.63, 3.8) is 0 Å². The quantitative estimate of drug-likeness (QED) is 0.876. The lowest BCUT2D eigenvalue weighted by Gasteiger charge is -2.16. The van der Waals surface area contributed by atoms with Crippen LogP contribution in [0.1, 0.15) is 49.7 Å². The normalized spacial score (nSPS) is 13.3. The van der Waals surface area contributed by atoms with E-state index in [2.05, 4.69) is 10.3 Å². The number of hydrogen-bond acceptors (Lipinski definition) is 5. The molecule has 0 radical (unpaired) electrons. The molecule has 1 aromatic heterocycles. The van der Waals surface area contributed by atoms with Gasteiger partial charge in [-0.15, -0.1) is 0 Å². The molecule has 0 unspecified atom stereocenters. The number of amides is 1. The van der Waals surface area contributed by atoms with Crippen LogP contribution in [0.4, 0.5) is 5.13 Å². The van der Waals surface area contributed by atoms with Crippen molar-refractivity contribution in [3.05, 3.63) is 45.5 Å². The molecule has 0 saturated carbocycles. The number of aryl methyl sites for hydroxylation is 3. The van der Waals surface area contributed by atoms with Crippen LogP contribution in [-0.4, -0.2) is 24.0 Å². The molecule has 0 saturated heterocycles. The van der Waals surface area contributed by atoms with Crippen molar-refractivity contribution in [1.82, 2.24) is 4.98 Å². The Morgan fingerprint density at radius 3 is 2.70 bits per heavy atom. The molecule has 0 aliphatic heterocycles. The van der Waals surface area contributed by atoms with Crippen LogP contribution < -0.4 is 5.32 Å². The maximum Gasteiger partial charge on any atom is 0.350 e. The fraction of sp³-hybridized carbons (Fsp3) is 0.353. The number of carbonyl (C=O) groups is 2. The summed E-state index contributed by atoms with van der Waals surface area (Å²) in [5.41, 5.74) is 3.78. The number of nitrogens with zero attached hydrogens (tertiary/aromatic N) is 1. The van der Waals surface area contributed by atoms with E-state index in [1.165, 1.54) is 31.1 Å². The van der Waals surface area contributed by atoms with E-state index < -0.39 is 5.97 Å². The van der Waals surface area contributed by atoms with Gasteiger partial charge in [0.05, 0.1) is 12.8 Å². The number of rotatable bonds is 3. The third-order valence-corrected chi connectivity index (χ3v) is 5.05. The zero-order chi connectivity index (χ0) is 16.4.